The van der Waals surface area contributed by atoms with Crippen molar-refractivity contribution in [2.24, 2.45) is 23.5 Å². The second-order valence-electron chi connectivity index (χ2n) is 4.72. The molecule has 2 rings (SSSR count). The largest absolute Gasteiger partial charge is 0.481 e. The molecule has 17 heavy (non-hydrogen) atoms. The van der Waals surface area contributed by atoms with Gasteiger partial charge in [0.25, 0.3) is 0 Å². The molecular formula is C12H17NO4. The number of carboxylic acid groups (broad SMARTS) is 1. The predicted octanol–water partition coefficient (Wildman–Crippen LogP) is 0.196. The van der Waals surface area contributed by atoms with E-state index in [2.05, 4.69) is 0 Å². The van der Waals surface area contributed by atoms with Gasteiger partial charge in [0.05, 0.1) is 25.2 Å². The number of Topliss-reactive ketones (excluding diaryl/α,β-unsaturated/α-hetero) is 1. The molecule has 0 aromatic carbocycles. The van der Waals surface area contributed by atoms with E-state index in [0.29, 0.717) is 19.4 Å². The summed E-state index contributed by atoms with van der Waals surface area (Å²) in [5.74, 6) is -2.40. The van der Waals surface area contributed by atoms with E-state index >= 15 is 0 Å². The van der Waals surface area contributed by atoms with Crippen LogP contribution in [0.3, 0.4) is 0 Å². The minimum atomic E-state index is -0.968. The quantitative estimate of drug-likeness (QED) is 0.638. The molecule has 0 spiro atoms. The predicted molar refractivity (Wildman–Crippen MR) is 60.3 cm³/mol. The number of ether oxygens (including phenoxy) is 1. The number of carboxylic acids is 1. The third-order valence-electron chi connectivity index (χ3n) is 3.58. The number of aliphatic carboxylic acids is 1. The summed E-state index contributed by atoms with van der Waals surface area (Å²) in [6.07, 6.45) is 5.04. The normalized spacial score (nSPS) is 39.9. The monoisotopic (exact) mass is 239 g/mol. The van der Waals surface area contributed by atoms with Crippen molar-refractivity contribution in [3.05, 3.63) is 12.2 Å². The van der Waals surface area contributed by atoms with Crippen LogP contribution in [0.2, 0.25) is 0 Å². The Labute approximate surface area is 99.6 Å². The van der Waals surface area contributed by atoms with Gasteiger partial charge in [-0.1, -0.05) is 12.2 Å². The van der Waals surface area contributed by atoms with Crippen LogP contribution < -0.4 is 5.73 Å². The molecule has 0 saturated carbocycles. The number of ketones is 1. The number of carbonyl (C=O) groups excluding carboxylic acids is 1. The maximum atomic E-state index is 12.2. The Bertz CT molecular complexity index is 352. The van der Waals surface area contributed by atoms with Crippen LogP contribution in [0, 0.1) is 17.8 Å². The van der Waals surface area contributed by atoms with Gasteiger partial charge in [0.15, 0.2) is 5.78 Å². The van der Waals surface area contributed by atoms with Crippen LogP contribution in [0.15, 0.2) is 12.2 Å². The van der Waals surface area contributed by atoms with Gasteiger partial charge in [0.2, 0.25) is 0 Å². The van der Waals surface area contributed by atoms with Gasteiger partial charge in [0, 0.05) is 5.92 Å². The lowest BCUT2D eigenvalue weighted by atomic mass is 9.73. The summed E-state index contributed by atoms with van der Waals surface area (Å²) < 4.78 is 5.29. The van der Waals surface area contributed by atoms with E-state index in [0.717, 1.165) is 0 Å². The molecule has 0 aromatic rings. The van der Waals surface area contributed by atoms with Crippen molar-refractivity contribution < 1.29 is 19.4 Å². The first-order valence-electron chi connectivity index (χ1n) is 5.86. The SMILES string of the molecule is NC1C/C=C\CC2COCC(C(=O)O)C2C1=O. The van der Waals surface area contributed by atoms with Gasteiger partial charge in [-0.3, -0.25) is 9.59 Å². The molecule has 1 fully saturated rings. The second-order valence-corrected chi connectivity index (χ2v) is 4.72. The minimum absolute atomic E-state index is 0.0556. The zero-order valence-electron chi connectivity index (χ0n) is 9.54. The summed E-state index contributed by atoms with van der Waals surface area (Å²) in [5, 5.41) is 9.15. The number of allylic oxidation sites excluding steroid dienone is 1. The Morgan fingerprint density at radius 2 is 2.06 bits per heavy atom. The molecular weight excluding hydrogens is 222 g/mol. The first-order valence-corrected chi connectivity index (χ1v) is 5.86. The third-order valence-corrected chi connectivity index (χ3v) is 3.58. The van der Waals surface area contributed by atoms with Crippen LogP contribution in [-0.2, 0) is 14.3 Å². The highest BCUT2D eigenvalue weighted by atomic mass is 16.5. The summed E-state index contributed by atoms with van der Waals surface area (Å²) in [6, 6.07) is -0.584. The van der Waals surface area contributed by atoms with Gasteiger partial charge in [-0.15, -0.1) is 0 Å². The van der Waals surface area contributed by atoms with Crippen LogP contribution in [0.5, 0.6) is 0 Å². The van der Waals surface area contributed by atoms with E-state index in [4.69, 9.17) is 15.6 Å². The van der Waals surface area contributed by atoms with E-state index in [9.17, 15) is 9.59 Å². The maximum Gasteiger partial charge on any atom is 0.309 e. The zero-order valence-corrected chi connectivity index (χ0v) is 9.54. The van der Waals surface area contributed by atoms with E-state index < -0.39 is 23.8 Å². The molecule has 1 saturated heterocycles. The topological polar surface area (TPSA) is 89.6 Å². The molecule has 4 atom stereocenters. The van der Waals surface area contributed by atoms with Crippen molar-refractivity contribution in [3.8, 4) is 0 Å². The average Bonchev–Trinajstić information content (AvgIpc) is 2.31. The number of fused-ring (bicyclic) bond motifs is 1. The van der Waals surface area contributed by atoms with Crippen molar-refractivity contribution >= 4 is 11.8 Å². The van der Waals surface area contributed by atoms with Crippen LogP contribution in [0.25, 0.3) is 0 Å². The molecule has 3 N–H and O–H groups in total. The Balaban J connectivity index is 2.28. The minimum Gasteiger partial charge on any atom is -0.481 e. The van der Waals surface area contributed by atoms with Crippen LogP contribution in [-0.4, -0.2) is 36.1 Å². The van der Waals surface area contributed by atoms with Crippen molar-refractivity contribution in [2.75, 3.05) is 13.2 Å². The van der Waals surface area contributed by atoms with Crippen molar-refractivity contribution in [2.45, 2.75) is 18.9 Å². The fourth-order valence-corrected chi connectivity index (χ4v) is 2.63. The van der Waals surface area contributed by atoms with Crippen molar-refractivity contribution in [3.63, 3.8) is 0 Å². The molecule has 5 heteroatoms. The second kappa shape index (κ2) is 4.98. The van der Waals surface area contributed by atoms with Crippen LogP contribution >= 0.6 is 0 Å². The number of nitrogens with two attached hydrogens (primary N) is 1. The highest BCUT2D eigenvalue weighted by Gasteiger charge is 2.43. The van der Waals surface area contributed by atoms with Gasteiger partial charge in [-0.05, 0) is 18.8 Å². The lowest BCUT2D eigenvalue weighted by Gasteiger charge is -2.36. The third kappa shape index (κ3) is 2.40. The Hall–Kier alpha value is -1.20. The van der Waals surface area contributed by atoms with E-state index in [1.807, 2.05) is 12.2 Å². The Morgan fingerprint density at radius 1 is 1.35 bits per heavy atom. The van der Waals surface area contributed by atoms with Crippen molar-refractivity contribution in [1.29, 1.82) is 0 Å². The molecule has 5 nitrogen and oxygen atoms in total. The highest BCUT2D eigenvalue weighted by Crippen LogP contribution is 2.33. The standard InChI is InChI=1S/C12H17NO4/c13-9-4-2-1-3-7-5-17-6-8(12(15)16)10(7)11(9)14/h1-2,7-10H,3-6,13H2,(H,15,16)/b2-1-. The molecule has 0 amide bonds. The van der Waals surface area contributed by atoms with E-state index in [1.165, 1.54) is 0 Å². The summed E-state index contributed by atoms with van der Waals surface area (Å²) in [4.78, 5) is 23.3. The molecule has 1 aliphatic carbocycles. The molecule has 0 aromatic heterocycles. The van der Waals surface area contributed by atoms with E-state index in [-0.39, 0.29) is 18.3 Å². The maximum absolute atomic E-state index is 12.2. The average molecular weight is 239 g/mol. The molecule has 1 heterocycles. The number of rotatable bonds is 1. The first kappa shape index (κ1) is 12.3. The first-order chi connectivity index (χ1) is 8.11. The lowest BCUT2D eigenvalue weighted by molar-refractivity contribution is -0.158. The van der Waals surface area contributed by atoms with Gasteiger partial charge in [0.1, 0.15) is 0 Å². The molecule has 94 valence electrons. The molecule has 4 unspecified atom stereocenters. The summed E-state index contributed by atoms with van der Waals surface area (Å²) in [6.45, 7) is 0.552. The fourth-order valence-electron chi connectivity index (χ4n) is 2.63. The number of hydrogen-bond acceptors (Lipinski definition) is 4. The highest BCUT2D eigenvalue weighted by molar-refractivity contribution is 5.90. The van der Waals surface area contributed by atoms with Gasteiger partial charge < -0.3 is 15.6 Å². The molecule has 0 bridgehead atoms. The van der Waals surface area contributed by atoms with Gasteiger partial charge >= 0.3 is 5.97 Å². The lowest BCUT2D eigenvalue weighted by Crippen LogP contribution is -2.49. The van der Waals surface area contributed by atoms with Crippen LogP contribution in [0.4, 0.5) is 0 Å². The van der Waals surface area contributed by atoms with E-state index in [1.54, 1.807) is 0 Å². The molecule has 1 aliphatic heterocycles. The Morgan fingerprint density at radius 3 is 2.76 bits per heavy atom. The van der Waals surface area contributed by atoms with Crippen molar-refractivity contribution in [1.82, 2.24) is 0 Å². The fraction of sp³-hybridized carbons (Fsp3) is 0.667. The summed E-state index contributed by atoms with van der Waals surface area (Å²) in [7, 11) is 0. The molecule has 0 radical (unpaired) electrons. The molecule has 2 aliphatic rings. The van der Waals surface area contributed by atoms with Gasteiger partial charge in [-0.25, -0.2) is 0 Å². The zero-order chi connectivity index (χ0) is 12.4. The smallest absolute Gasteiger partial charge is 0.309 e. The van der Waals surface area contributed by atoms with Gasteiger partial charge in [-0.2, -0.15) is 0 Å². The Kier molecular flexibility index (Phi) is 3.59. The summed E-state index contributed by atoms with van der Waals surface area (Å²) in [5.41, 5.74) is 5.78. The summed E-state index contributed by atoms with van der Waals surface area (Å²) >= 11 is 0. The van der Waals surface area contributed by atoms with Crippen LogP contribution in [0.1, 0.15) is 12.8 Å². The number of hydrogen-bond donors (Lipinski definition) is 2. The number of carbonyl (C=O) groups is 2.